The lowest BCUT2D eigenvalue weighted by Crippen LogP contribution is -2.29. The molecule has 0 saturated heterocycles. The van der Waals surface area contributed by atoms with Crippen LogP contribution in [-0.4, -0.2) is 28.6 Å². The van der Waals surface area contributed by atoms with Crippen LogP contribution in [0.5, 0.6) is 0 Å². The molecule has 0 aliphatic heterocycles. The SMILES string of the molecule is O=C(O)CCN(c1ccc([N+](=O)[O-])cc1I)C1CC1. The number of anilines is 1. The van der Waals surface area contributed by atoms with E-state index < -0.39 is 10.9 Å². The van der Waals surface area contributed by atoms with Gasteiger partial charge in [-0.3, -0.25) is 14.9 Å². The van der Waals surface area contributed by atoms with Gasteiger partial charge < -0.3 is 10.0 Å². The van der Waals surface area contributed by atoms with Crippen molar-refractivity contribution in [2.45, 2.75) is 25.3 Å². The summed E-state index contributed by atoms with van der Waals surface area (Å²) in [5.41, 5.74) is 0.942. The minimum Gasteiger partial charge on any atom is -0.481 e. The molecule has 1 aromatic carbocycles. The van der Waals surface area contributed by atoms with E-state index in [2.05, 4.69) is 22.6 Å². The second-order valence-corrected chi connectivity index (χ2v) is 5.62. The fourth-order valence-corrected chi connectivity index (χ4v) is 2.75. The molecular weight excluding hydrogens is 363 g/mol. The van der Waals surface area contributed by atoms with Crippen LogP contribution in [0, 0.1) is 13.7 Å². The van der Waals surface area contributed by atoms with Gasteiger partial charge in [-0.05, 0) is 41.5 Å². The van der Waals surface area contributed by atoms with E-state index in [-0.39, 0.29) is 12.1 Å². The van der Waals surface area contributed by atoms with Crippen LogP contribution in [0.25, 0.3) is 0 Å². The minimum atomic E-state index is -0.831. The quantitative estimate of drug-likeness (QED) is 0.469. The van der Waals surface area contributed by atoms with E-state index in [0.717, 1.165) is 22.1 Å². The number of rotatable bonds is 6. The van der Waals surface area contributed by atoms with E-state index in [4.69, 9.17) is 5.11 Å². The number of benzene rings is 1. The average molecular weight is 376 g/mol. The van der Waals surface area contributed by atoms with Crippen LogP contribution in [0.15, 0.2) is 18.2 Å². The maximum Gasteiger partial charge on any atom is 0.305 e. The Labute approximate surface area is 123 Å². The van der Waals surface area contributed by atoms with Gasteiger partial charge in [0.2, 0.25) is 0 Å². The third-order valence-electron chi connectivity index (χ3n) is 3.01. The molecule has 1 fully saturated rings. The van der Waals surface area contributed by atoms with Gasteiger partial charge in [-0.1, -0.05) is 0 Å². The number of nitrogens with zero attached hydrogens (tertiary/aromatic N) is 2. The summed E-state index contributed by atoms with van der Waals surface area (Å²) in [5, 5.41) is 19.5. The van der Waals surface area contributed by atoms with Gasteiger partial charge in [0.15, 0.2) is 0 Å². The number of halogens is 1. The Morgan fingerprint density at radius 3 is 2.68 bits per heavy atom. The van der Waals surface area contributed by atoms with Crippen LogP contribution in [0.3, 0.4) is 0 Å². The number of aliphatic carboxylic acids is 1. The van der Waals surface area contributed by atoms with Crippen LogP contribution < -0.4 is 4.90 Å². The summed E-state index contributed by atoms with van der Waals surface area (Å²) >= 11 is 2.06. The van der Waals surface area contributed by atoms with Crippen LogP contribution in [0.1, 0.15) is 19.3 Å². The van der Waals surface area contributed by atoms with Gasteiger partial charge in [0, 0.05) is 28.3 Å². The third-order valence-corrected chi connectivity index (χ3v) is 3.87. The van der Waals surface area contributed by atoms with Crippen molar-refractivity contribution < 1.29 is 14.8 Å². The van der Waals surface area contributed by atoms with Crippen molar-refractivity contribution >= 4 is 39.9 Å². The fraction of sp³-hybridized carbons (Fsp3) is 0.417. The van der Waals surface area contributed by atoms with Gasteiger partial charge in [-0.2, -0.15) is 0 Å². The fourth-order valence-electron chi connectivity index (χ4n) is 1.94. The minimum absolute atomic E-state index is 0.0575. The van der Waals surface area contributed by atoms with Crippen molar-refractivity contribution in [1.29, 1.82) is 0 Å². The maximum absolute atomic E-state index is 10.7. The van der Waals surface area contributed by atoms with Crippen molar-refractivity contribution in [2.75, 3.05) is 11.4 Å². The number of nitro benzene ring substituents is 1. The van der Waals surface area contributed by atoms with E-state index in [9.17, 15) is 14.9 Å². The molecule has 1 saturated carbocycles. The van der Waals surface area contributed by atoms with Gasteiger partial charge in [0.05, 0.1) is 17.0 Å². The first kappa shape index (κ1) is 14.0. The molecular formula is C12H13IN2O4. The summed E-state index contributed by atoms with van der Waals surface area (Å²) in [5.74, 6) is -0.831. The molecule has 102 valence electrons. The van der Waals surface area contributed by atoms with E-state index in [1.165, 1.54) is 12.1 Å². The Kier molecular flexibility index (Phi) is 4.23. The normalized spacial score (nSPS) is 14.2. The smallest absolute Gasteiger partial charge is 0.305 e. The number of carbonyl (C=O) groups is 1. The zero-order chi connectivity index (χ0) is 14.0. The van der Waals surface area contributed by atoms with E-state index >= 15 is 0 Å². The highest BCUT2D eigenvalue weighted by atomic mass is 127. The van der Waals surface area contributed by atoms with Gasteiger partial charge in [0.25, 0.3) is 5.69 Å². The van der Waals surface area contributed by atoms with Crippen molar-refractivity contribution in [1.82, 2.24) is 0 Å². The van der Waals surface area contributed by atoms with Crippen LogP contribution in [0.2, 0.25) is 0 Å². The lowest BCUT2D eigenvalue weighted by Gasteiger charge is -2.25. The number of non-ortho nitro benzene ring substituents is 1. The van der Waals surface area contributed by atoms with E-state index in [1.54, 1.807) is 6.07 Å². The summed E-state index contributed by atoms with van der Waals surface area (Å²) < 4.78 is 0.782. The summed E-state index contributed by atoms with van der Waals surface area (Å²) in [4.78, 5) is 23.0. The predicted octanol–water partition coefficient (Wildman–Crippen LogP) is 2.64. The molecule has 0 spiro atoms. The van der Waals surface area contributed by atoms with Crippen LogP contribution in [-0.2, 0) is 4.79 Å². The molecule has 0 bridgehead atoms. The molecule has 1 aliphatic rings. The Morgan fingerprint density at radius 2 is 2.21 bits per heavy atom. The summed E-state index contributed by atoms with van der Waals surface area (Å²) in [6.45, 7) is 0.438. The second kappa shape index (κ2) is 5.72. The molecule has 19 heavy (non-hydrogen) atoms. The first-order chi connectivity index (χ1) is 8.99. The zero-order valence-electron chi connectivity index (χ0n) is 10.1. The van der Waals surface area contributed by atoms with Crippen LogP contribution in [0.4, 0.5) is 11.4 Å². The highest BCUT2D eigenvalue weighted by Crippen LogP contribution is 2.35. The number of hydrogen-bond donors (Lipinski definition) is 1. The molecule has 2 rings (SSSR count). The van der Waals surface area contributed by atoms with Crippen molar-refractivity contribution in [2.24, 2.45) is 0 Å². The molecule has 1 aliphatic carbocycles. The monoisotopic (exact) mass is 376 g/mol. The molecule has 0 atom stereocenters. The highest BCUT2D eigenvalue weighted by Gasteiger charge is 2.30. The van der Waals surface area contributed by atoms with E-state index in [0.29, 0.717) is 12.6 Å². The molecule has 0 heterocycles. The Morgan fingerprint density at radius 1 is 1.53 bits per heavy atom. The summed E-state index contributed by atoms with van der Waals surface area (Å²) in [6.07, 6.45) is 2.17. The summed E-state index contributed by atoms with van der Waals surface area (Å²) in [6, 6.07) is 5.06. The maximum atomic E-state index is 10.7. The predicted molar refractivity (Wildman–Crippen MR) is 78.4 cm³/mol. The molecule has 0 amide bonds. The highest BCUT2D eigenvalue weighted by molar-refractivity contribution is 14.1. The van der Waals surface area contributed by atoms with Crippen molar-refractivity contribution in [3.63, 3.8) is 0 Å². The van der Waals surface area contributed by atoms with Gasteiger partial charge in [-0.25, -0.2) is 0 Å². The first-order valence-corrected chi connectivity index (χ1v) is 6.99. The largest absolute Gasteiger partial charge is 0.481 e. The van der Waals surface area contributed by atoms with Gasteiger partial charge in [-0.15, -0.1) is 0 Å². The molecule has 1 aromatic rings. The number of carboxylic acids is 1. The third kappa shape index (κ3) is 3.55. The van der Waals surface area contributed by atoms with Crippen molar-refractivity contribution in [3.8, 4) is 0 Å². The summed E-state index contributed by atoms with van der Waals surface area (Å²) in [7, 11) is 0. The molecule has 7 heteroatoms. The molecule has 1 N–H and O–H groups in total. The average Bonchev–Trinajstić information content (AvgIpc) is 3.14. The Bertz CT molecular complexity index is 516. The standard InChI is InChI=1S/C12H13IN2O4/c13-10-7-9(15(18)19)3-4-11(10)14(8-1-2-8)6-5-12(16)17/h3-4,7-8H,1-2,5-6H2,(H,16,17). The lowest BCUT2D eigenvalue weighted by molar-refractivity contribution is -0.384. The molecule has 0 unspecified atom stereocenters. The Balaban J connectivity index is 2.21. The Hall–Kier alpha value is -1.38. The molecule has 0 radical (unpaired) electrons. The van der Waals surface area contributed by atoms with Crippen molar-refractivity contribution in [3.05, 3.63) is 31.9 Å². The lowest BCUT2D eigenvalue weighted by atomic mass is 10.2. The number of carboxylic acid groups (broad SMARTS) is 1. The van der Waals surface area contributed by atoms with Crippen LogP contribution >= 0.6 is 22.6 Å². The topological polar surface area (TPSA) is 83.7 Å². The van der Waals surface area contributed by atoms with Gasteiger partial charge >= 0.3 is 5.97 Å². The second-order valence-electron chi connectivity index (χ2n) is 4.46. The number of nitro groups is 1. The van der Waals surface area contributed by atoms with Gasteiger partial charge in [0.1, 0.15) is 0 Å². The molecule has 6 nitrogen and oxygen atoms in total. The molecule has 0 aromatic heterocycles. The van der Waals surface area contributed by atoms with E-state index in [1.807, 2.05) is 4.90 Å². The zero-order valence-corrected chi connectivity index (χ0v) is 12.2. The first-order valence-electron chi connectivity index (χ1n) is 5.91. The number of hydrogen-bond acceptors (Lipinski definition) is 4.